The standard InChI is InChI=1S/C9H9N3O2/c1-7-6-8-9(14)11(4-5-13)2-3-12(8)10-7/h2-3,5-6H,4H2,1H3. The second-order valence-corrected chi connectivity index (χ2v) is 3.04. The highest BCUT2D eigenvalue weighted by Gasteiger charge is 2.03. The molecular formula is C9H9N3O2. The minimum atomic E-state index is -0.194. The molecule has 0 spiro atoms. The summed E-state index contributed by atoms with van der Waals surface area (Å²) in [6.45, 7) is 1.90. The van der Waals surface area contributed by atoms with E-state index in [1.807, 2.05) is 6.92 Å². The molecule has 0 bridgehead atoms. The Labute approximate surface area is 79.6 Å². The molecule has 5 nitrogen and oxygen atoms in total. The molecule has 0 N–H and O–H groups in total. The Kier molecular flexibility index (Phi) is 1.92. The molecule has 0 aliphatic heterocycles. The predicted octanol–water partition coefficient (Wildman–Crippen LogP) is 0.00332. The van der Waals surface area contributed by atoms with E-state index in [1.54, 1.807) is 18.5 Å². The van der Waals surface area contributed by atoms with E-state index in [0.29, 0.717) is 11.8 Å². The maximum Gasteiger partial charge on any atom is 0.276 e. The summed E-state index contributed by atoms with van der Waals surface area (Å²) >= 11 is 0. The van der Waals surface area contributed by atoms with E-state index in [-0.39, 0.29) is 12.1 Å². The predicted molar refractivity (Wildman–Crippen MR) is 50.3 cm³/mol. The van der Waals surface area contributed by atoms with E-state index in [2.05, 4.69) is 5.10 Å². The van der Waals surface area contributed by atoms with Crippen LogP contribution in [0.15, 0.2) is 23.3 Å². The van der Waals surface area contributed by atoms with Gasteiger partial charge in [0.25, 0.3) is 5.56 Å². The largest absolute Gasteiger partial charge is 0.305 e. The van der Waals surface area contributed by atoms with Crippen LogP contribution in [0.2, 0.25) is 0 Å². The molecule has 2 aromatic rings. The Morgan fingerprint density at radius 2 is 2.29 bits per heavy atom. The summed E-state index contributed by atoms with van der Waals surface area (Å²) in [4.78, 5) is 22.0. The summed E-state index contributed by atoms with van der Waals surface area (Å²) in [5, 5.41) is 4.09. The molecule has 0 aliphatic carbocycles. The summed E-state index contributed by atoms with van der Waals surface area (Å²) in [5.41, 5.74) is 1.08. The average Bonchev–Trinajstić information content (AvgIpc) is 2.52. The molecule has 0 amide bonds. The van der Waals surface area contributed by atoms with Crippen LogP contribution in [0.4, 0.5) is 0 Å². The Morgan fingerprint density at radius 1 is 1.50 bits per heavy atom. The molecular weight excluding hydrogens is 182 g/mol. The van der Waals surface area contributed by atoms with Crippen molar-refractivity contribution in [3.63, 3.8) is 0 Å². The molecule has 0 saturated carbocycles. The van der Waals surface area contributed by atoms with Crippen molar-refractivity contribution in [2.75, 3.05) is 0 Å². The first-order valence-electron chi connectivity index (χ1n) is 4.21. The van der Waals surface area contributed by atoms with Gasteiger partial charge in [-0.1, -0.05) is 0 Å². The van der Waals surface area contributed by atoms with E-state index >= 15 is 0 Å². The SMILES string of the molecule is Cc1cc2c(=O)n(CC=O)ccn2n1. The lowest BCUT2D eigenvalue weighted by molar-refractivity contribution is -0.108. The summed E-state index contributed by atoms with van der Waals surface area (Å²) in [6.07, 6.45) is 3.91. The molecule has 0 aliphatic rings. The summed E-state index contributed by atoms with van der Waals surface area (Å²) < 4.78 is 2.86. The first-order chi connectivity index (χ1) is 6.72. The van der Waals surface area contributed by atoms with Crippen LogP contribution in [0.5, 0.6) is 0 Å². The number of hydrogen-bond acceptors (Lipinski definition) is 3. The molecule has 0 radical (unpaired) electrons. The number of fused-ring (bicyclic) bond motifs is 1. The van der Waals surface area contributed by atoms with Crippen molar-refractivity contribution in [1.82, 2.24) is 14.2 Å². The van der Waals surface area contributed by atoms with Gasteiger partial charge in [-0.3, -0.25) is 4.79 Å². The van der Waals surface area contributed by atoms with Crippen LogP contribution in [-0.2, 0) is 11.3 Å². The topological polar surface area (TPSA) is 56.4 Å². The van der Waals surface area contributed by atoms with Crippen LogP contribution in [0.1, 0.15) is 5.69 Å². The lowest BCUT2D eigenvalue weighted by atomic mass is 10.4. The van der Waals surface area contributed by atoms with Gasteiger partial charge in [0.05, 0.1) is 12.2 Å². The number of carbonyl (C=O) groups excluding carboxylic acids is 1. The van der Waals surface area contributed by atoms with Crippen molar-refractivity contribution < 1.29 is 4.79 Å². The van der Waals surface area contributed by atoms with Crippen LogP contribution in [0.3, 0.4) is 0 Å². The summed E-state index contributed by atoms with van der Waals surface area (Å²) in [6, 6.07) is 1.70. The van der Waals surface area contributed by atoms with Crippen molar-refractivity contribution >= 4 is 11.8 Å². The van der Waals surface area contributed by atoms with Crippen LogP contribution < -0.4 is 5.56 Å². The first kappa shape index (κ1) is 8.68. The fourth-order valence-electron chi connectivity index (χ4n) is 1.37. The van der Waals surface area contributed by atoms with Gasteiger partial charge in [0, 0.05) is 12.4 Å². The fraction of sp³-hybridized carbons (Fsp3) is 0.222. The van der Waals surface area contributed by atoms with Gasteiger partial charge < -0.3 is 9.36 Å². The summed E-state index contributed by atoms with van der Waals surface area (Å²) in [7, 11) is 0. The lowest BCUT2D eigenvalue weighted by Gasteiger charge is -1.99. The van der Waals surface area contributed by atoms with Crippen molar-refractivity contribution in [1.29, 1.82) is 0 Å². The van der Waals surface area contributed by atoms with Gasteiger partial charge in [-0.2, -0.15) is 5.10 Å². The highest BCUT2D eigenvalue weighted by molar-refractivity contribution is 5.51. The molecule has 5 heteroatoms. The van der Waals surface area contributed by atoms with Crippen molar-refractivity contribution in [3.8, 4) is 0 Å². The second kappa shape index (κ2) is 3.10. The zero-order valence-corrected chi connectivity index (χ0v) is 7.67. The quantitative estimate of drug-likeness (QED) is 0.628. The third kappa shape index (κ3) is 1.22. The second-order valence-electron chi connectivity index (χ2n) is 3.04. The van der Waals surface area contributed by atoms with Crippen molar-refractivity contribution in [3.05, 3.63) is 34.5 Å². The maximum absolute atomic E-state index is 11.7. The Bertz CT molecular complexity index is 538. The van der Waals surface area contributed by atoms with Gasteiger partial charge in [0.2, 0.25) is 0 Å². The van der Waals surface area contributed by atoms with E-state index in [9.17, 15) is 9.59 Å². The number of aromatic nitrogens is 3. The molecule has 2 heterocycles. The van der Waals surface area contributed by atoms with Crippen LogP contribution in [0, 0.1) is 6.92 Å². The monoisotopic (exact) mass is 191 g/mol. The van der Waals surface area contributed by atoms with Crippen LogP contribution >= 0.6 is 0 Å². The van der Waals surface area contributed by atoms with E-state index in [1.165, 1.54) is 9.08 Å². The van der Waals surface area contributed by atoms with Gasteiger partial charge in [-0.05, 0) is 13.0 Å². The Balaban J connectivity index is 2.74. The highest BCUT2D eigenvalue weighted by atomic mass is 16.1. The number of nitrogens with zero attached hydrogens (tertiary/aromatic N) is 3. The lowest BCUT2D eigenvalue weighted by Crippen LogP contribution is -2.21. The fourth-order valence-corrected chi connectivity index (χ4v) is 1.37. The maximum atomic E-state index is 11.7. The van der Waals surface area contributed by atoms with E-state index in [4.69, 9.17) is 0 Å². The van der Waals surface area contributed by atoms with Gasteiger partial charge >= 0.3 is 0 Å². The minimum Gasteiger partial charge on any atom is -0.305 e. The van der Waals surface area contributed by atoms with Crippen molar-refractivity contribution in [2.45, 2.75) is 13.5 Å². The van der Waals surface area contributed by atoms with Gasteiger partial charge in [0.1, 0.15) is 11.8 Å². The van der Waals surface area contributed by atoms with Crippen LogP contribution in [0.25, 0.3) is 5.52 Å². The van der Waals surface area contributed by atoms with Gasteiger partial charge in [0.15, 0.2) is 0 Å². The molecule has 0 unspecified atom stereocenters. The Hall–Kier alpha value is -1.91. The first-order valence-corrected chi connectivity index (χ1v) is 4.21. The molecule has 2 aromatic heterocycles. The number of aryl methyl sites for hydroxylation is 1. The molecule has 0 aromatic carbocycles. The normalized spacial score (nSPS) is 10.6. The number of carbonyl (C=O) groups is 1. The third-order valence-corrected chi connectivity index (χ3v) is 2.00. The average molecular weight is 191 g/mol. The van der Waals surface area contributed by atoms with E-state index < -0.39 is 0 Å². The molecule has 0 saturated heterocycles. The number of rotatable bonds is 2. The smallest absolute Gasteiger partial charge is 0.276 e. The van der Waals surface area contributed by atoms with E-state index in [0.717, 1.165) is 5.69 Å². The zero-order chi connectivity index (χ0) is 10.1. The number of hydrogen-bond donors (Lipinski definition) is 0. The van der Waals surface area contributed by atoms with Crippen LogP contribution in [-0.4, -0.2) is 20.5 Å². The molecule has 0 atom stereocenters. The van der Waals surface area contributed by atoms with Gasteiger partial charge in [-0.15, -0.1) is 0 Å². The Morgan fingerprint density at radius 3 is 3.00 bits per heavy atom. The highest BCUT2D eigenvalue weighted by Crippen LogP contribution is 1.99. The molecule has 0 fully saturated rings. The third-order valence-electron chi connectivity index (χ3n) is 2.00. The molecule has 14 heavy (non-hydrogen) atoms. The molecule has 72 valence electrons. The van der Waals surface area contributed by atoms with Crippen molar-refractivity contribution in [2.24, 2.45) is 0 Å². The minimum absolute atomic E-state index is 0.0829. The summed E-state index contributed by atoms with van der Waals surface area (Å²) in [5.74, 6) is 0. The van der Waals surface area contributed by atoms with Gasteiger partial charge in [-0.25, -0.2) is 4.52 Å². The molecule has 2 rings (SSSR count). The zero-order valence-electron chi connectivity index (χ0n) is 7.67. The number of aldehydes is 1.